The van der Waals surface area contributed by atoms with Gasteiger partial charge in [0.15, 0.2) is 0 Å². The maximum atomic E-state index is 11.3. The molecule has 18 heavy (non-hydrogen) atoms. The molecular formula is C14H28N2O2. The first-order chi connectivity index (χ1) is 8.83. The molecular weight excluding hydrogens is 228 g/mol. The molecule has 1 aliphatic heterocycles. The van der Waals surface area contributed by atoms with Gasteiger partial charge in [-0.25, -0.2) is 4.79 Å². The number of hydrogen-bond donors (Lipinski definition) is 1. The van der Waals surface area contributed by atoms with Crippen molar-refractivity contribution in [2.75, 3.05) is 32.8 Å². The Kier molecular flexibility index (Phi) is 8.65. The predicted octanol–water partition coefficient (Wildman–Crippen LogP) is 2.78. The molecule has 1 amide bonds. The summed E-state index contributed by atoms with van der Waals surface area (Å²) in [5.41, 5.74) is 0. The second-order valence-electron chi connectivity index (χ2n) is 5.03. The number of carbonyl (C=O) groups excluding carboxylic acids is 1. The minimum atomic E-state index is -0.259. The molecule has 0 aromatic heterocycles. The van der Waals surface area contributed by atoms with Crippen molar-refractivity contribution in [3.8, 4) is 0 Å². The van der Waals surface area contributed by atoms with Crippen molar-refractivity contribution in [3.63, 3.8) is 0 Å². The van der Waals surface area contributed by atoms with E-state index in [0.717, 1.165) is 32.4 Å². The van der Waals surface area contributed by atoms with E-state index in [9.17, 15) is 4.79 Å². The number of amides is 1. The third-order valence-electron chi connectivity index (χ3n) is 3.35. The molecule has 106 valence electrons. The van der Waals surface area contributed by atoms with E-state index in [4.69, 9.17) is 4.74 Å². The van der Waals surface area contributed by atoms with Crippen LogP contribution in [0.1, 0.15) is 51.9 Å². The zero-order chi connectivity index (χ0) is 13.1. The maximum absolute atomic E-state index is 11.3. The topological polar surface area (TPSA) is 41.6 Å². The van der Waals surface area contributed by atoms with Crippen LogP contribution >= 0.6 is 0 Å². The molecule has 1 N–H and O–H groups in total. The van der Waals surface area contributed by atoms with Crippen LogP contribution in [0.5, 0.6) is 0 Å². The van der Waals surface area contributed by atoms with E-state index in [-0.39, 0.29) is 6.09 Å². The Labute approximate surface area is 111 Å². The van der Waals surface area contributed by atoms with Crippen LogP contribution in [0.3, 0.4) is 0 Å². The third-order valence-corrected chi connectivity index (χ3v) is 3.35. The number of nitrogens with one attached hydrogen (secondary N) is 1. The van der Waals surface area contributed by atoms with Gasteiger partial charge in [-0.1, -0.05) is 26.2 Å². The molecule has 4 heteroatoms. The molecule has 0 aromatic rings. The van der Waals surface area contributed by atoms with Gasteiger partial charge >= 0.3 is 6.09 Å². The van der Waals surface area contributed by atoms with Gasteiger partial charge in [0.1, 0.15) is 0 Å². The molecule has 0 saturated carbocycles. The van der Waals surface area contributed by atoms with Crippen LogP contribution in [0.15, 0.2) is 0 Å². The van der Waals surface area contributed by atoms with Crippen molar-refractivity contribution < 1.29 is 9.53 Å². The molecule has 0 radical (unpaired) electrons. The molecule has 0 aromatic carbocycles. The van der Waals surface area contributed by atoms with Gasteiger partial charge < -0.3 is 15.0 Å². The monoisotopic (exact) mass is 256 g/mol. The normalized spacial score (nSPS) is 16.5. The summed E-state index contributed by atoms with van der Waals surface area (Å²) in [7, 11) is 0. The SMILES string of the molecule is CCCCCNC(=O)OCCCN1CCCCC1. The van der Waals surface area contributed by atoms with Crippen LogP contribution in [0, 0.1) is 0 Å². The van der Waals surface area contributed by atoms with E-state index < -0.39 is 0 Å². The van der Waals surface area contributed by atoms with E-state index in [1.54, 1.807) is 0 Å². The standard InChI is InChI=1S/C14H28N2O2/c1-2-3-5-9-15-14(17)18-13-8-12-16-10-6-4-7-11-16/h2-13H2,1H3,(H,15,17). The zero-order valence-corrected chi connectivity index (χ0v) is 11.7. The average molecular weight is 256 g/mol. The summed E-state index contributed by atoms with van der Waals surface area (Å²) >= 11 is 0. The molecule has 0 aliphatic carbocycles. The first kappa shape index (κ1) is 15.3. The summed E-state index contributed by atoms with van der Waals surface area (Å²) in [5.74, 6) is 0. The van der Waals surface area contributed by atoms with Crippen molar-refractivity contribution in [1.82, 2.24) is 10.2 Å². The van der Waals surface area contributed by atoms with Gasteiger partial charge in [-0.05, 0) is 38.8 Å². The van der Waals surface area contributed by atoms with Crippen molar-refractivity contribution >= 4 is 6.09 Å². The quantitative estimate of drug-likeness (QED) is 0.679. The van der Waals surface area contributed by atoms with Gasteiger partial charge in [0.05, 0.1) is 6.61 Å². The number of hydrogen-bond acceptors (Lipinski definition) is 3. The molecule has 0 bridgehead atoms. The smallest absolute Gasteiger partial charge is 0.407 e. The predicted molar refractivity (Wildman–Crippen MR) is 73.8 cm³/mol. The van der Waals surface area contributed by atoms with Crippen molar-refractivity contribution in [2.45, 2.75) is 51.9 Å². The Hall–Kier alpha value is -0.770. The average Bonchev–Trinajstić information content (AvgIpc) is 2.41. The summed E-state index contributed by atoms with van der Waals surface area (Å²) in [5, 5.41) is 2.78. The Morgan fingerprint density at radius 2 is 1.94 bits per heavy atom. The van der Waals surface area contributed by atoms with Crippen molar-refractivity contribution in [3.05, 3.63) is 0 Å². The molecule has 0 spiro atoms. The van der Waals surface area contributed by atoms with Crippen LogP contribution in [-0.4, -0.2) is 43.8 Å². The van der Waals surface area contributed by atoms with E-state index in [1.165, 1.54) is 38.8 Å². The summed E-state index contributed by atoms with van der Waals surface area (Å²) < 4.78 is 5.14. The van der Waals surface area contributed by atoms with Gasteiger partial charge in [0.2, 0.25) is 0 Å². The van der Waals surface area contributed by atoms with Crippen molar-refractivity contribution in [2.24, 2.45) is 0 Å². The number of piperidine rings is 1. The number of rotatable bonds is 8. The molecule has 4 nitrogen and oxygen atoms in total. The number of unbranched alkanes of at least 4 members (excludes halogenated alkanes) is 2. The lowest BCUT2D eigenvalue weighted by molar-refractivity contribution is 0.135. The van der Waals surface area contributed by atoms with Gasteiger partial charge in [-0.15, -0.1) is 0 Å². The molecule has 0 unspecified atom stereocenters. The Morgan fingerprint density at radius 1 is 1.17 bits per heavy atom. The van der Waals surface area contributed by atoms with E-state index in [0.29, 0.717) is 6.61 Å². The summed E-state index contributed by atoms with van der Waals surface area (Å²) in [6.07, 6.45) is 8.07. The van der Waals surface area contributed by atoms with Crippen LogP contribution < -0.4 is 5.32 Å². The molecule has 1 aliphatic rings. The van der Waals surface area contributed by atoms with Crippen LogP contribution in [-0.2, 0) is 4.74 Å². The van der Waals surface area contributed by atoms with Gasteiger partial charge in [0, 0.05) is 13.1 Å². The number of likely N-dealkylation sites (tertiary alicyclic amines) is 1. The van der Waals surface area contributed by atoms with Gasteiger partial charge in [-0.3, -0.25) is 0 Å². The second-order valence-corrected chi connectivity index (χ2v) is 5.03. The lowest BCUT2D eigenvalue weighted by atomic mass is 10.1. The Morgan fingerprint density at radius 3 is 2.67 bits per heavy atom. The van der Waals surface area contributed by atoms with Crippen LogP contribution in [0.2, 0.25) is 0 Å². The van der Waals surface area contributed by atoms with Crippen molar-refractivity contribution in [1.29, 1.82) is 0 Å². The highest BCUT2D eigenvalue weighted by atomic mass is 16.5. The minimum absolute atomic E-state index is 0.259. The van der Waals surface area contributed by atoms with E-state index >= 15 is 0 Å². The van der Waals surface area contributed by atoms with E-state index in [2.05, 4.69) is 17.1 Å². The largest absolute Gasteiger partial charge is 0.450 e. The highest BCUT2D eigenvalue weighted by Crippen LogP contribution is 2.08. The number of ether oxygens (including phenoxy) is 1. The lowest BCUT2D eigenvalue weighted by Crippen LogP contribution is -2.32. The van der Waals surface area contributed by atoms with Crippen LogP contribution in [0.25, 0.3) is 0 Å². The molecule has 1 rings (SSSR count). The molecule has 1 saturated heterocycles. The second kappa shape index (κ2) is 10.2. The fourth-order valence-corrected chi connectivity index (χ4v) is 2.25. The minimum Gasteiger partial charge on any atom is -0.450 e. The summed E-state index contributed by atoms with van der Waals surface area (Å²) in [6.45, 7) is 6.91. The molecule has 1 heterocycles. The maximum Gasteiger partial charge on any atom is 0.407 e. The zero-order valence-electron chi connectivity index (χ0n) is 11.7. The summed E-state index contributed by atoms with van der Waals surface area (Å²) in [4.78, 5) is 13.8. The highest BCUT2D eigenvalue weighted by Gasteiger charge is 2.09. The van der Waals surface area contributed by atoms with Crippen LogP contribution in [0.4, 0.5) is 4.79 Å². The Balaban J connectivity index is 1.88. The Bertz CT molecular complexity index is 216. The van der Waals surface area contributed by atoms with E-state index in [1.807, 2.05) is 0 Å². The highest BCUT2D eigenvalue weighted by molar-refractivity contribution is 5.66. The third kappa shape index (κ3) is 7.54. The van der Waals surface area contributed by atoms with Gasteiger partial charge in [-0.2, -0.15) is 0 Å². The number of carbonyl (C=O) groups is 1. The summed E-state index contributed by atoms with van der Waals surface area (Å²) in [6, 6.07) is 0. The first-order valence-corrected chi connectivity index (χ1v) is 7.46. The fraction of sp³-hybridized carbons (Fsp3) is 0.929. The first-order valence-electron chi connectivity index (χ1n) is 7.46. The van der Waals surface area contributed by atoms with Gasteiger partial charge in [0.25, 0.3) is 0 Å². The molecule has 1 fully saturated rings. The molecule has 0 atom stereocenters. The lowest BCUT2D eigenvalue weighted by Gasteiger charge is -2.26. The number of nitrogens with zero attached hydrogens (tertiary/aromatic N) is 1. The fourth-order valence-electron chi connectivity index (χ4n) is 2.25. The number of alkyl carbamates (subject to hydrolysis) is 1.